The van der Waals surface area contributed by atoms with Crippen LogP contribution >= 0.6 is 11.6 Å². The average Bonchev–Trinajstić information content (AvgIpc) is 2.29. The van der Waals surface area contributed by atoms with E-state index in [-0.39, 0.29) is 6.54 Å². The molecule has 0 heterocycles. The minimum absolute atomic E-state index is 0.144. The molecule has 6 nitrogen and oxygen atoms in total. The van der Waals surface area contributed by atoms with Gasteiger partial charge in [-0.2, -0.15) is 0 Å². The number of anilines is 1. The number of carboxylic acids is 1. The lowest BCUT2D eigenvalue weighted by atomic mass is 10.3. The topological polar surface area (TPSA) is 104 Å². The minimum Gasteiger partial charge on any atom is -0.480 e. The van der Waals surface area contributed by atoms with Crippen LogP contribution in [0.1, 0.15) is 0 Å². The smallest absolute Gasteiger partial charge is 0.322 e. The Balaban J connectivity index is 2.39. The minimum atomic E-state index is -1.17. The number of nitrogens with two attached hydrogens (primary N) is 1. The Morgan fingerprint density at radius 2 is 1.94 bits per heavy atom. The second-order valence-corrected chi connectivity index (χ2v) is 3.72. The number of benzene rings is 1. The fraction of sp³-hybridized carbons (Fsp3) is 0.200. The van der Waals surface area contributed by atoms with Gasteiger partial charge in [0, 0.05) is 17.3 Å². The molecule has 0 saturated carbocycles. The normalized spacial score (nSPS) is 11.6. The molecule has 5 N–H and O–H groups in total. The van der Waals surface area contributed by atoms with Crippen LogP contribution in [-0.4, -0.2) is 29.7 Å². The summed E-state index contributed by atoms with van der Waals surface area (Å²) in [5, 5.41) is 13.9. The maximum absolute atomic E-state index is 11.3. The zero-order valence-corrected chi connectivity index (χ0v) is 9.57. The molecule has 0 aliphatic rings. The molecule has 1 aromatic carbocycles. The fourth-order valence-electron chi connectivity index (χ4n) is 0.998. The number of hydrogen-bond donors (Lipinski definition) is 4. The molecule has 7 heteroatoms. The van der Waals surface area contributed by atoms with Crippen molar-refractivity contribution in [1.29, 1.82) is 0 Å². The number of carboxylic acid groups (broad SMARTS) is 1. The van der Waals surface area contributed by atoms with Gasteiger partial charge in [-0.1, -0.05) is 11.6 Å². The third-order valence-corrected chi connectivity index (χ3v) is 2.15. The highest BCUT2D eigenvalue weighted by molar-refractivity contribution is 6.30. The van der Waals surface area contributed by atoms with Gasteiger partial charge in [-0.15, -0.1) is 0 Å². The van der Waals surface area contributed by atoms with E-state index in [1.165, 1.54) is 0 Å². The average molecular weight is 258 g/mol. The third-order valence-electron chi connectivity index (χ3n) is 1.90. The first-order valence-electron chi connectivity index (χ1n) is 4.78. The number of nitrogens with one attached hydrogen (secondary N) is 2. The number of carbonyl (C=O) groups excluding carboxylic acids is 1. The van der Waals surface area contributed by atoms with Gasteiger partial charge in [0.05, 0.1) is 0 Å². The Hall–Kier alpha value is -1.79. The first kappa shape index (κ1) is 13.3. The van der Waals surface area contributed by atoms with Gasteiger partial charge in [0.15, 0.2) is 0 Å². The monoisotopic (exact) mass is 257 g/mol. The maximum Gasteiger partial charge on any atom is 0.322 e. The summed E-state index contributed by atoms with van der Waals surface area (Å²) < 4.78 is 0. The molecule has 1 atom stereocenters. The summed E-state index contributed by atoms with van der Waals surface area (Å²) in [6.45, 7) is -0.144. The van der Waals surface area contributed by atoms with Crippen molar-refractivity contribution < 1.29 is 14.7 Å². The summed E-state index contributed by atoms with van der Waals surface area (Å²) in [6, 6.07) is 4.85. The Labute approximate surface area is 103 Å². The highest BCUT2D eigenvalue weighted by Gasteiger charge is 2.12. The molecule has 92 valence electrons. The van der Waals surface area contributed by atoms with Crippen molar-refractivity contribution in [3.8, 4) is 0 Å². The van der Waals surface area contributed by atoms with E-state index in [4.69, 9.17) is 22.4 Å². The van der Waals surface area contributed by atoms with E-state index in [2.05, 4.69) is 10.6 Å². The Kier molecular flexibility index (Phi) is 4.74. The highest BCUT2D eigenvalue weighted by atomic mass is 35.5. The van der Waals surface area contributed by atoms with Gasteiger partial charge < -0.3 is 21.5 Å². The summed E-state index contributed by atoms with van der Waals surface area (Å²) in [5.41, 5.74) is 5.77. The van der Waals surface area contributed by atoms with Crippen LogP contribution in [0.2, 0.25) is 5.02 Å². The second kappa shape index (κ2) is 6.07. The molecule has 0 radical (unpaired) electrons. The SMILES string of the molecule is NC(CNC(=O)Nc1ccc(Cl)cc1)C(=O)O. The number of rotatable bonds is 4. The number of halogens is 1. The molecular formula is C10H12ClN3O3. The second-order valence-electron chi connectivity index (χ2n) is 3.29. The first-order chi connectivity index (χ1) is 7.99. The molecule has 0 aromatic heterocycles. The van der Waals surface area contributed by atoms with E-state index < -0.39 is 18.0 Å². The quantitative estimate of drug-likeness (QED) is 0.642. The van der Waals surface area contributed by atoms with Crippen LogP contribution < -0.4 is 16.4 Å². The van der Waals surface area contributed by atoms with Gasteiger partial charge in [-0.25, -0.2) is 4.79 Å². The molecule has 1 unspecified atom stereocenters. The Morgan fingerprint density at radius 1 is 1.35 bits per heavy atom. The predicted octanol–water partition coefficient (Wildman–Crippen LogP) is 0.873. The summed E-state index contributed by atoms with van der Waals surface area (Å²) >= 11 is 5.68. The molecule has 0 saturated heterocycles. The van der Waals surface area contributed by atoms with E-state index in [1.54, 1.807) is 24.3 Å². The van der Waals surface area contributed by atoms with Gasteiger partial charge in [-0.3, -0.25) is 4.79 Å². The third kappa shape index (κ3) is 4.71. The lowest BCUT2D eigenvalue weighted by Crippen LogP contribution is -2.43. The number of hydrogen-bond acceptors (Lipinski definition) is 3. The van der Waals surface area contributed by atoms with Crippen molar-refractivity contribution in [3.63, 3.8) is 0 Å². The summed E-state index contributed by atoms with van der Waals surface area (Å²) in [4.78, 5) is 21.7. The van der Waals surface area contributed by atoms with Crippen LogP contribution in [0.3, 0.4) is 0 Å². The van der Waals surface area contributed by atoms with Crippen molar-refractivity contribution in [2.24, 2.45) is 5.73 Å². The molecule has 1 aromatic rings. The van der Waals surface area contributed by atoms with E-state index >= 15 is 0 Å². The van der Waals surface area contributed by atoms with Crippen molar-refractivity contribution in [2.45, 2.75) is 6.04 Å². The standard InChI is InChI=1S/C10H12ClN3O3/c11-6-1-3-7(4-2-6)14-10(17)13-5-8(12)9(15)16/h1-4,8H,5,12H2,(H,15,16)(H2,13,14,17). The maximum atomic E-state index is 11.3. The highest BCUT2D eigenvalue weighted by Crippen LogP contribution is 2.12. The molecule has 0 aliphatic carbocycles. The van der Waals surface area contributed by atoms with Crippen LogP contribution in [-0.2, 0) is 4.79 Å². The van der Waals surface area contributed by atoms with E-state index in [1.807, 2.05) is 0 Å². The first-order valence-corrected chi connectivity index (χ1v) is 5.15. The largest absolute Gasteiger partial charge is 0.480 e. The number of aliphatic carboxylic acids is 1. The Morgan fingerprint density at radius 3 is 2.47 bits per heavy atom. The van der Waals surface area contributed by atoms with Crippen molar-refractivity contribution in [2.75, 3.05) is 11.9 Å². The molecule has 2 amide bonds. The molecule has 17 heavy (non-hydrogen) atoms. The van der Waals surface area contributed by atoms with Crippen LogP contribution in [0.5, 0.6) is 0 Å². The van der Waals surface area contributed by atoms with Gasteiger partial charge >= 0.3 is 12.0 Å². The number of amides is 2. The molecule has 0 spiro atoms. The number of urea groups is 1. The predicted molar refractivity (Wildman–Crippen MR) is 64.1 cm³/mol. The summed E-state index contributed by atoms with van der Waals surface area (Å²) in [6.07, 6.45) is 0. The fourth-order valence-corrected chi connectivity index (χ4v) is 1.12. The molecule has 0 fully saturated rings. The van der Waals surface area contributed by atoms with Gasteiger partial charge in [0.2, 0.25) is 0 Å². The lowest BCUT2D eigenvalue weighted by molar-refractivity contribution is -0.138. The molecular weight excluding hydrogens is 246 g/mol. The van der Waals surface area contributed by atoms with Gasteiger partial charge in [0.1, 0.15) is 6.04 Å². The zero-order chi connectivity index (χ0) is 12.8. The molecule has 0 aliphatic heterocycles. The van der Waals surface area contributed by atoms with Crippen molar-refractivity contribution >= 4 is 29.3 Å². The van der Waals surface area contributed by atoms with Crippen molar-refractivity contribution in [3.05, 3.63) is 29.3 Å². The molecule has 1 rings (SSSR count). The lowest BCUT2D eigenvalue weighted by Gasteiger charge is -2.09. The van der Waals surface area contributed by atoms with E-state index in [9.17, 15) is 9.59 Å². The zero-order valence-electron chi connectivity index (χ0n) is 8.81. The van der Waals surface area contributed by atoms with Crippen LogP contribution in [0.25, 0.3) is 0 Å². The van der Waals surface area contributed by atoms with Crippen LogP contribution in [0.15, 0.2) is 24.3 Å². The van der Waals surface area contributed by atoms with Gasteiger partial charge in [-0.05, 0) is 24.3 Å². The summed E-state index contributed by atoms with van der Waals surface area (Å²) in [5.74, 6) is -1.17. The van der Waals surface area contributed by atoms with Crippen LogP contribution in [0, 0.1) is 0 Å². The van der Waals surface area contributed by atoms with Crippen molar-refractivity contribution in [1.82, 2.24) is 5.32 Å². The van der Waals surface area contributed by atoms with Gasteiger partial charge in [0.25, 0.3) is 0 Å². The van der Waals surface area contributed by atoms with Crippen LogP contribution in [0.4, 0.5) is 10.5 Å². The molecule has 0 bridgehead atoms. The Bertz CT molecular complexity index is 408. The van der Waals surface area contributed by atoms with E-state index in [0.717, 1.165) is 0 Å². The summed E-state index contributed by atoms with van der Waals surface area (Å²) in [7, 11) is 0. The van der Waals surface area contributed by atoms with E-state index in [0.29, 0.717) is 10.7 Å². The number of carbonyl (C=O) groups is 2.